The molecule has 0 saturated carbocycles. The van der Waals surface area contributed by atoms with Gasteiger partial charge in [-0.1, -0.05) is 23.7 Å². The second-order valence-corrected chi connectivity index (χ2v) is 5.19. The van der Waals surface area contributed by atoms with Gasteiger partial charge in [-0.2, -0.15) is 5.26 Å². The predicted octanol–water partition coefficient (Wildman–Crippen LogP) is 5.21. The Morgan fingerprint density at radius 3 is 2.35 bits per heavy atom. The van der Waals surface area contributed by atoms with E-state index in [4.69, 9.17) is 16.3 Å². The van der Waals surface area contributed by atoms with Crippen LogP contribution in [0.25, 0.3) is 11.1 Å². The molecule has 0 bridgehead atoms. The first-order valence-electron chi connectivity index (χ1n) is 6.75. The van der Waals surface area contributed by atoms with Gasteiger partial charge in [-0.05, 0) is 48.0 Å². The molecule has 3 aromatic rings. The number of benzene rings is 2. The van der Waals surface area contributed by atoms with Gasteiger partial charge in [-0.25, -0.2) is 9.37 Å². The van der Waals surface area contributed by atoms with E-state index in [9.17, 15) is 9.65 Å². The van der Waals surface area contributed by atoms with Crippen LogP contribution in [-0.2, 0) is 0 Å². The topological polar surface area (TPSA) is 45.9 Å². The predicted molar refractivity (Wildman–Crippen MR) is 85.9 cm³/mol. The van der Waals surface area contributed by atoms with Gasteiger partial charge >= 0.3 is 0 Å². The van der Waals surface area contributed by atoms with Crippen LogP contribution in [0.2, 0.25) is 5.02 Å². The molecule has 0 radical (unpaired) electrons. The third kappa shape index (κ3) is 3.47. The first-order chi connectivity index (χ1) is 11.2. The summed E-state index contributed by atoms with van der Waals surface area (Å²) in [5.41, 5.74) is 1.97. The molecule has 0 aliphatic heterocycles. The molecule has 0 N–H and O–H groups in total. The van der Waals surface area contributed by atoms with Gasteiger partial charge in [-0.15, -0.1) is 0 Å². The van der Waals surface area contributed by atoms with E-state index >= 15 is 0 Å². The number of hydrogen-bond donors (Lipinski definition) is 0. The Morgan fingerprint density at radius 2 is 1.70 bits per heavy atom. The highest BCUT2D eigenvalue weighted by atomic mass is 35.5. The van der Waals surface area contributed by atoms with Crippen molar-refractivity contribution in [3.05, 3.63) is 77.2 Å². The van der Waals surface area contributed by atoms with E-state index in [0.29, 0.717) is 16.3 Å². The second kappa shape index (κ2) is 6.47. The molecule has 3 nitrogen and oxygen atoms in total. The molecule has 0 saturated heterocycles. The molecule has 0 aliphatic rings. The lowest BCUT2D eigenvalue weighted by molar-refractivity contribution is 0.460. The average molecular weight is 325 g/mol. The fourth-order valence-electron chi connectivity index (χ4n) is 2.03. The summed E-state index contributed by atoms with van der Waals surface area (Å²) in [4.78, 5) is 4.19. The van der Waals surface area contributed by atoms with Gasteiger partial charge in [-0.3, -0.25) is 0 Å². The summed E-state index contributed by atoms with van der Waals surface area (Å²) in [5, 5.41) is 9.94. The van der Waals surface area contributed by atoms with Crippen molar-refractivity contribution in [2.45, 2.75) is 0 Å². The van der Waals surface area contributed by atoms with E-state index in [1.54, 1.807) is 24.4 Å². The van der Waals surface area contributed by atoms with E-state index in [1.165, 1.54) is 24.3 Å². The molecule has 5 heteroatoms. The van der Waals surface area contributed by atoms with Crippen molar-refractivity contribution in [3.63, 3.8) is 0 Å². The molecule has 0 atom stereocenters. The van der Waals surface area contributed by atoms with Crippen LogP contribution in [0.15, 0.2) is 60.8 Å². The van der Waals surface area contributed by atoms with Crippen LogP contribution in [0.1, 0.15) is 5.56 Å². The summed E-state index contributed by atoms with van der Waals surface area (Å²) in [7, 11) is 0. The van der Waals surface area contributed by atoms with Gasteiger partial charge in [0.25, 0.3) is 0 Å². The molecule has 1 heterocycles. The molecule has 3 rings (SSSR count). The first-order valence-corrected chi connectivity index (χ1v) is 7.13. The summed E-state index contributed by atoms with van der Waals surface area (Å²) < 4.78 is 18.5. The van der Waals surface area contributed by atoms with Crippen molar-refractivity contribution >= 4 is 11.6 Å². The second-order valence-electron chi connectivity index (χ2n) is 4.75. The van der Waals surface area contributed by atoms with Gasteiger partial charge in [0.05, 0.1) is 0 Å². The number of ether oxygens (including phenoxy) is 1. The van der Waals surface area contributed by atoms with Crippen LogP contribution < -0.4 is 4.74 Å². The minimum absolute atomic E-state index is 0.178. The number of rotatable bonds is 3. The van der Waals surface area contributed by atoms with E-state index in [2.05, 4.69) is 11.1 Å². The van der Waals surface area contributed by atoms with E-state index < -0.39 is 0 Å². The maximum atomic E-state index is 12.9. The van der Waals surface area contributed by atoms with Gasteiger partial charge in [0.1, 0.15) is 23.2 Å². The Kier molecular flexibility index (Phi) is 4.22. The summed E-state index contributed by atoms with van der Waals surface area (Å²) >= 11 is 5.87. The maximum Gasteiger partial charge on any atom is 0.237 e. The fourth-order valence-corrected chi connectivity index (χ4v) is 2.15. The highest BCUT2D eigenvalue weighted by Gasteiger charge is 2.09. The van der Waals surface area contributed by atoms with Crippen LogP contribution in [0, 0.1) is 17.1 Å². The Morgan fingerprint density at radius 1 is 1.00 bits per heavy atom. The number of pyridine rings is 1. The normalized spacial score (nSPS) is 10.1. The number of nitriles is 1. The van der Waals surface area contributed by atoms with Crippen LogP contribution >= 0.6 is 11.6 Å². The lowest BCUT2D eigenvalue weighted by Gasteiger charge is -2.08. The average Bonchev–Trinajstić information content (AvgIpc) is 2.58. The minimum atomic E-state index is -0.357. The van der Waals surface area contributed by atoms with Crippen molar-refractivity contribution in [1.29, 1.82) is 5.26 Å². The summed E-state index contributed by atoms with van der Waals surface area (Å²) in [6.45, 7) is 0. The number of hydrogen-bond acceptors (Lipinski definition) is 3. The fraction of sp³-hybridized carbons (Fsp3) is 0. The number of halogens is 2. The van der Waals surface area contributed by atoms with E-state index in [1.807, 2.05) is 12.1 Å². The van der Waals surface area contributed by atoms with E-state index in [-0.39, 0.29) is 11.7 Å². The molecule has 1 aromatic heterocycles. The molecular weight excluding hydrogens is 315 g/mol. The van der Waals surface area contributed by atoms with Crippen molar-refractivity contribution in [3.8, 4) is 28.8 Å². The lowest BCUT2D eigenvalue weighted by Crippen LogP contribution is -1.93. The molecule has 0 spiro atoms. The summed E-state index contributed by atoms with van der Waals surface area (Å²) in [6.07, 6.45) is 1.61. The quantitative estimate of drug-likeness (QED) is 0.664. The van der Waals surface area contributed by atoms with Crippen molar-refractivity contribution in [1.82, 2.24) is 4.98 Å². The summed E-state index contributed by atoms with van der Waals surface area (Å²) in [6, 6.07) is 16.5. The first kappa shape index (κ1) is 15.0. The summed E-state index contributed by atoms with van der Waals surface area (Å²) in [5.74, 6) is 0.232. The highest BCUT2D eigenvalue weighted by molar-refractivity contribution is 6.30. The monoisotopic (exact) mass is 324 g/mol. The third-order valence-electron chi connectivity index (χ3n) is 3.18. The molecule has 23 heavy (non-hydrogen) atoms. The van der Waals surface area contributed by atoms with Crippen LogP contribution in [0.5, 0.6) is 11.6 Å². The number of nitrogens with zero attached hydrogens (tertiary/aromatic N) is 2. The Hall–Kier alpha value is -2.90. The molecule has 0 amide bonds. The highest BCUT2D eigenvalue weighted by Crippen LogP contribution is 2.28. The standard InChI is InChI=1S/C18H10ClFN2O/c19-15-3-1-12(2-4-15)14-9-13(10-21)18(22-11-14)23-17-7-5-16(20)6-8-17/h1-9,11H. The van der Waals surface area contributed by atoms with Crippen LogP contribution in [-0.4, -0.2) is 4.98 Å². The SMILES string of the molecule is N#Cc1cc(-c2ccc(Cl)cc2)cnc1Oc1ccc(F)cc1. The largest absolute Gasteiger partial charge is 0.438 e. The van der Waals surface area contributed by atoms with Crippen LogP contribution in [0.3, 0.4) is 0 Å². The molecule has 112 valence electrons. The van der Waals surface area contributed by atoms with Gasteiger partial charge in [0.2, 0.25) is 5.88 Å². The van der Waals surface area contributed by atoms with E-state index in [0.717, 1.165) is 11.1 Å². The van der Waals surface area contributed by atoms with Gasteiger partial charge in [0, 0.05) is 16.8 Å². The molecular formula is C18H10ClFN2O. The Labute approximate surface area is 137 Å². The smallest absolute Gasteiger partial charge is 0.237 e. The maximum absolute atomic E-state index is 12.9. The lowest BCUT2D eigenvalue weighted by atomic mass is 10.1. The van der Waals surface area contributed by atoms with Gasteiger partial charge < -0.3 is 4.74 Å². The van der Waals surface area contributed by atoms with Crippen molar-refractivity contribution in [2.75, 3.05) is 0 Å². The molecule has 0 aliphatic carbocycles. The Balaban J connectivity index is 1.92. The molecule has 0 fully saturated rings. The minimum Gasteiger partial charge on any atom is -0.438 e. The zero-order valence-electron chi connectivity index (χ0n) is 11.8. The van der Waals surface area contributed by atoms with Crippen molar-refractivity contribution < 1.29 is 9.13 Å². The zero-order chi connectivity index (χ0) is 16.2. The van der Waals surface area contributed by atoms with Crippen LogP contribution in [0.4, 0.5) is 4.39 Å². The van der Waals surface area contributed by atoms with Gasteiger partial charge in [0.15, 0.2) is 0 Å². The van der Waals surface area contributed by atoms with Crippen molar-refractivity contribution in [2.24, 2.45) is 0 Å². The zero-order valence-corrected chi connectivity index (χ0v) is 12.6. The molecule has 0 unspecified atom stereocenters. The Bertz CT molecular complexity index is 871. The third-order valence-corrected chi connectivity index (χ3v) is 3.43. The number of aromatic nitrogens is 1. The molecule has 2 aromatic carbocycles.